The molecule has 2 heterocycles. The van der Waals surface area contributed by atoms with Crippen LogP contribution in [0.4, 0.5) is 0 Å². The van der Waals surface area contributed by atoms with Crippen molar-refractivity contribution in [2.75, 3.05) is 26.2 Å². The molecule has 0 radical (unpaired) electrons. The van der Waals surface area contributed by atoms with Crippen LogP contribution in [0.3, 0.4) is 0 Å². The minimum absolute atomic E-state index is 0.0165. The Hall–Kier alpha value is -3.77. The van der Waals surface area contributed by atoms with E-state index in [9.17, 15) is 14.4 Å². The first kappa shape index (κ1) is 22.0. The first-order chi connectivity index (χ1) is 16.5. The molecule has 1 fully saturated rings. The average molecular weight is 454 g/mol. The Morgan fingerprint density at radius 1 is 0.735 bits per heavy atom. The van der Waals surface area contributed by atoms with Crippen LogP contribution in [0.2, 0.25) is 0 Å². The summed E-state index contributed by atoms with van der Waals surface area (Å²) < 4.78 is 0. The Labute approximate surface area is 199 Å². The minimum Gasteiger partial charge on any atom is -0.336 e. The summed E-state index contributed by atoms with van der Waals surface area (Å²) in [4.78, 5) is 43.7. The van der Waals surface area contributed by atoms with Gasteiger partial charge in [-0.15, -0.1) is 0 Å². The molecule has 0 bridgehead atoms. The van der Waals surface area contributed by atoms with E-state index in [1.807, 2.05) is 17.0 Å². The van der Waals surface area contributed by atoms with Gasteiger partial charge in [-0.2, -0.15) is 0 Å². The van der Waals surface area contributed by atoms with Crippen molar-refractivity contribution in [2.24, 2.45) is 0 Å². The van der Waals surface area contributed by atoms with E-state index in [4.69, 9.17) is 0 Å². The number of nitrogens with zero attached hydrogens (tertiary/aromatic N) is 3. The lowest BCUT2D eigenvalue weighted by atomic mass is 10.1. The van der Waals surface area contributed by atoms with E-state index in [0.717, 1.165) is 25.2 Å². The Kier molecular flexibility index (Phi) is 5.99. The van der Waals surface area contributed by atoms with Gasteiger partial charge in [0.2, 0.25) is 0 Å². The SMILES string of the molecule is Cc1ccccc1CN1CCN(C(=O)c2ccc(CN3C(=O)c4ccccc4C3=O)cc2)CC1. The summed E-state index contributed by atoms with van der Waals surface area (Å²) in [6.07, 6.45) is 0. The maximum absolute atomic E-state index is 13.0. The van der Waals surface area contributed by atoms with Crippen LogP contribution >= 0.6 is 0 Å². The fourth-order valence-electron chi connectivity index (χ4n) is 4.64. The Balaban J connectivity index is 1.18. The monoisotopic (exact) mass is 453 g/mol. The number of piperazine rings is 1. The molecule has 34 heavy (non-hydrogen) atoms. The number of benzene rings is 3. The lowest BCUT2D eigenvalue weighted by Crippen LogP contribution is -2.48. The molecule has 0 aliphatic carbocycles. The van der Waals surface area contributed by atoms with E-state index in [1.165, 1.54) is 16.0 Å². The molecule has 6 nitrogen and oxygen atoms in total. The van der Waals surface area contributed by atoms with Gasteiger partial charge in [0, 0.05) is 38.3 Å². The van der Waals surface area contributed by atoms with Gasteiger partial charge in [-0.05, 0) is 47.9 Å². The molecule has 6 heteroatoms. The van der Waals surface area contributed by atoms with Crippen LogP contribution in [0.1, 0.15) is 47.8 Å². The summed E-state index contributed by atoms with van der Waals surface area (Å²) >= 11 is 0. The van der Waals surface area contributed by atoms with Crippen LogP contribution < -0.4 is 0 Å². The van der Waals surface area contributed by atoms with Gasteiger partial charge in [-0.1, -0.05) is 48.5 Å². The molecule has 3 aromatic carbocycles. The standard InChI is InChI=1S/C28H27N3O3/c1-20-6-2-3-7-23(20)19-29-14-16-30(17-15-29)26(32)22-12-10-21(11-13-22)18-31-27(33)24-8-4-5-9-25(24)28(31)34/h2-13H,14-19H2,1H3. The Morgan fingerprint density at radius 2 is 1.32 bits per heavy atom. The highest BCUT2D eigenvalue weighted by Crippen LogP contribution is 2.24. The Morgan fingerprint density at radius 3 is 1.94 bits per heavy atom. The molecule has 0 N–H and O–H groups in total. The van der Waals surface area contributed by atoms with Crippen molar-refractivity contribution in [2.45, 2.75) is 20.0 Å². The van der Waals surface area contributed by atoms with Gasteiger partial charge in [-0.25, -0.2) is 0 Å². The van der Waals surface area contributed by atoms with Crippen LogP contribution in [0, 0.1) is 6.92 Å². The van der Waals surface area contributed by atoms with Crippen LogP contribution in [0.5, 0.6) is 0 Å². The van der Waals surface area contributed by atoms with E-state index in [0.29, 0.717) is 29.8 Å². The highest BCUT2D eigenvalue weighted by molar-refractivity contribution is 6.21. The molecular formula is C28H27N3O3. The summed E-state index contributed by atoms with van der Waals surface area (Å²) in [5.74, 6) is -0.531. The van der Waals surface area contributed by atoms with Crippen LogP contribution in [-0.2, 0) is 13.1 Å². The molecule has 1 saturated heterocycles. The summed E-state index contributed by atoms with van der Waals surface area (Å²) in [5, 5.41) is 0. The van der Waals surface area contributed by atoms with Gasteiger partial charge in [0.25, 0.3) is 17.7 Å². The third-order valence-electron chi connectivity index (χ3n) is 6.73. The lowest BCUT2D eigenvalue weighted by Gasteiger charge is -2.35. The molecule has 5 rings (SSSR count). The first-order valence-electron chi connectivity index (χ1n) is 11.6. The molecule has 0 aromatic heterocycles. The molecule has 2 aliphatic rings. The Bertz CT molecular complexity index is 1210. The normalized spacial score (nSPS) is 16.1. The van der Waals surface area contributed by atoms with Gasteiger partial charge in [0.05, 0.1) is 17.7 Å². The highest BCUT2D eigenvalue weighted by atomic mass is 16.2. The third-order valence-corrected chi connectivity index (χ3v) is 6.73. The average Bonchev–Trinajstić information content (AvgIpc) is 3.11. The van der Waals surface area contributed by atoms with E-state index in [2.05, 4.69) is 36.1 Å². The molecule has 0 spiro atoms. The second-order valence-electron chi connectivity index (χ2n) is 8.93. The molecule has 0 unspecified atom stereocenters. The highest BCUT2D eigenvalue weighted by Gasteiger charge is 2.35. The van der Waals surface area contributed by atoms with Crippen molar-refractivity contribution in [3.8, 4) is 0 Å². The zero-order valence-electron chi connectivity index (χ0n) is 19.2. The third kappa shape index (κ3) is 4.24. The molecule has 3 amide bonds. The number of hydrogen-bond acceptors (Lipinski definition) is 4. The molecular weight excluding hydrogens is 426 g/mol. The number of carbonyl (C=O) groups excluding carboxylic acids is 3. The number of imide groups is 1. The van der Waals surface area contributed by atoms with Crippen LogP contribution in [0.25, 0.3) is 0 Å². The minimum atomic E-state index is -0.274. The second-order valence-corrected chi connectivity index (χ2v) is 8.93. The number of fused-ring (bicyclic) bond motifs is 1. The topological polar surface area (TPSA) is 60.9 Å². The van der Waals surface area contributed by atoms with E-state index < -0.39 is 0 Å². The largest absolute Gasteiger partial charge is 0.336 e. The van der Waals surface area contributed by atoms with E-state index in [-0.39, 0.29) is 24.3 Å². The number of rotatable bonds is 5. The lowest BCUT2D eigenvalue weighted by molar-refractivity contribution is 0.0621. The number of hydrogen-bond donors (Lipinski definition) is 0. The fraction of sp³-hybridized carbons (Fsp3) is 0.250. The summed E-state index contributed by atoms with van der Waals surface area (Å²) in [5.41, 5.74) is 4.95. The number of carbonyl (C=O) groups is 3. The van der Waals surface area contributed by atoms with E-state index in [1.54, 1.807) is 36.4 Å². The molecule has 2 aliphatic heterocycles. The predicted molar refractivity (Wildman–Crippen MR) is 129 cm³/mol. The maximum Gasteiger partial charge on any atom is 0.261 e. The van der Waals surface area contributed by atoms with Crippen molar-refractivity contribution >= 4 is 17.7 Å². The van der Waals surface area contributed by atoms with Gasteiger partial charge < -0.3 is 4.90 Å². The summed E-state index contributed by atoms with van der Waals surface area (Å²) in [6.45, 7) is 6.31. The fourth-order valence-corrected chi connectivity index (χ4v) is 4.64. The zero-order chi connectivity index (χ0) is 23.7. The van der Waals surface area contributed by atoms with Gasteiger partial charge in [0.15, 0.2) is 0 Å². The first-order valence-corrected chi connectivity index (χ1v) is 11.6. The summed E-state index contributed by atoms with van der Waals surface area (Å²) in [7, 11) is 0. The van der Waals surface area contributed by atoms with E-state index >= 15 is 0 Å². The molecule has 3 aromatic rings. The van der Waals surface area contributed by atoms with Crippen molar-refractivity contribution in [3.63, 3.8) is 0 Å². The van der Waals surface area contributed by atoms with Gasteiger partial charge in [-0.3, -0.25) is 24.2 Å². The zero-order valence-corrected chi connectivity index (χ0v) is 19.2. The predicted octanol–water partition coefficient (Wildman–Crippen LogP) is 3.75. The van der Waals surface area contributed by atoms with Crippen molar-refractivity contribution in [1.29, 1.82) is 0 Å². The molecule has 172 valence electrons. The van der Waals surface area contributed by atoms with Crippen molar-refractivity contribution in [1.82, 2.24) is 14.7 Å². The second kappa shape index (κ2) is 9.23. The van der Waals surface area contributed by atoms with Crippen molar-refractivity contribution in [3.05, 3.63) is 106 Å². The maximum atomic E-state index is 13.0. The smallest absolute Gasteiger partial charge is 0.261 e. The molecule has 0 saturated carbocycles. The van der Waals surface area contributed by atoms with Crippen LogP contribution in [0.15, 0.2) is 72.8 Å². The van der Waals surface area contributed by atoms with Crippen LogP contribution in [-0.4, -0.2) is 58.6 Å². The number of aryl methyl sites for hydroxylation is 1. The van der Waals surface area contributed by atoms with Crippen molar-refractivity contribution < 1.29 is 14.4 Å². The quantitative estimate of drug-likeness (QED) is 0.552. The van der Waals surface area contributed by atoms with Gasteiger partial charge >= 0.3 is 0 Å². The summed E-state index contributed by atoms with van der Waals surface area (Å²) in [6, 6.07) is 22.5. The van der Waals surface area contributed by atoms with Gasteiger partial charge in [0.1, 0.15) is 0 Å². The number of amides is 3. The molecule has 0 atom stereocenters.